The third-order valence-electron chi connectivity index (χ3n) is 3.23. The summed E-state index contributed by atoms with van der Waals surface area (Å²) in [4.78, 5) is 10.7. The van der Waals surface area contributed by atoms with Gasteiger partial charge < -0.3 is 5.32 Å². The highest BCUT2D eigenvalue weighted by molar-refractivity contribution is 5.59. The predicted molar refractivity (Wildman–Crippen MR) is 77.8 cm³/mol. The summed E-state index contributed by atoms with van der Waals surface area (Å²) in [5.41, 5.74) is 1.45. The Morgan fingerprint density at radius 3 is 2.62 bits per heavy atom. The molecule has 1 aromatic carbocycles. The molecule has 21 heavy (non-hydrogen) atoms. The van der Waals surface area contributed by atoms with E-state index in [2.05, 4.69) is 10.4 Å². The number of hydrogen-bond donors (Lipinski definition) is 1. The molecule has 0 aliphatic heterocycles. The van der Waals surface area contributed by atoms with Gasteiger partial charge in [0.2, 0.25) is 5.82 Å². The third-order valence-corrected chi connectivity index (χ3v) is 3.23. The predicted octanol–water partition coefficient (Wildman–Crippen LogP) is 2.68. The zero-order valence-electron chi connectivity index (χ0n) is 12.0. The average molecular weight is 292 g/mol. The fourth-order valence-corrected chi connectivity index (χ4v) is 2.17. The topological polar surface area (TPSA) is 73.0 Å². The molecule has 0 atom stereocenters. The number of anilines is 1. The van der Waals surface area contributed by atoms with Crippen molar-refractivity contribution in [1.29, 1.82) is 0 Å². The van der Waals surface area contributed by atoms with Gasteiger partial charge in [-0.2, -0.15) is 5.10 Å². The Morgan fingerprint density at radius 1 is 1.38 bits per heavy atom. The van der Waals surface area contributed by atoms with E-state index in [1.54, 1.807) is 19.2 Å². The molecule has 0 saturated carbocycles. The minimum Gasteiger partial charge on any atom is -0.364 e. The molecule has 1 heterocycles. The van der Waals surface area contributed by atoms with Gasteiger partial charge >= 0.3 is 5.69 Å². The van der Waals surface area contributed by atoms with Gasteiger partial charge in [0.1, 0.15) is 11.5 Å². The molecule has 0 amide bonds. The molecule has 7 heteroatoms. The number of nitrogens with one attached hydrogen (secondary N) is 1. The average Bonchev–Trinajstić information content (AvgIpc) is 2.77. The molecule has 2 rings (SSSR count). The van der Waals surface area contributed by atoms with Crippen molar-refractivity contribution in [2.75, 3.05) is 11.9 Å². The van der Waals surface area contributed by atoms with E-state index in [4.69, 9.17) is 0 Å². The molecule has 0 fully saturated rings. The van der Waals surface area contributed by atoms with E-state index in [-0.39, 0.29) is 11.5 Å². The van der Waals surface area contributed by atoms with Gasteiger partial charge in [0.25, 0.3) is 0 Å². The van der Waals surface area contributed by atoms with Gasteiger partial charge in [0, 0.05) is 13.6 Å². The molecule has 0 aliphatic carbocycles. The van der Waals surface area contributed by atoms with E-state index in [9.17, 15) is 14.5 Å². The van der Waals surface area contributed by atoms with Crippen molar-refractivity contribution in [1.82, 2.24) is 9.78 Å². The SMILES string of the molecule is CCc1nn(C)c(NCCc2ccc(F)cc2)c1[N+](=O)[O-]. The van der Waals surface area contributed by atoms with Gasteiger partial charge in [-0.15, -0.1) is 0 Å². The molecular weight excluding hydrogens is 275 g/mol. The second kappa shape index (κ2) is 6.34. The first-order chi connectivity index (χ1) is 10.0. The highest BCUT2D eigenvalue weighted by Crippen LogP contribution is 2.28. The van der Waals surface area contributed by atoms with Crippen molar-refractivity contribution >= 4 is 11.5 Å². The molecule has 6 nitrogen and oxygen atoms in total. The standard InChI is InChI=1S/C14H17FN4O2/c1-3-12-13(19(20)21)14(18(2)17-12)16-9-8-10-4-6-11(15)7-5-10/h4-7,16H,3,8-9H2,1-2H3. The summed E-state index contributed by atoms with van der Waals surface area (Å²) in [6, 6.07) is 6.20. The first-order valence-corrected chi connectivity index (χ1v) is 6.71. The number of nitro groups is 1. The largest absolute Gasteiger partial charge is 0.364 e. The van der Waals surface area contributed by atoms with Gasteiger partial charge in [-0.1, -0.05) is 19.1 Å². The molecule has 0 radical (unpaired) electrons. The zero-order valence-corrected chi connectivity index (χ0v) is 12.0. The summed E-state index contributed by atoms with van der Waals surface area (Å²) >= 11 is 0. The van der Waals surface area contributed by atoms with Crippen molar-refractivity contribution in [3.05, 3.63) is 51.5 Å². The van der Waals surface area contributed by atoms with Gasteiger partial charge in [-0.05, 0) is 30.5 Å². The number of aryl methyl sites for hydroxylation is 2. The lowest BCUT2D eigenvalue weighted by molar-refractivity contribution is -0.384. The number of halogens is 1. The molecule has 0 unspecified atom stereocenters. The molecule has 2 aromatic rings. The normalized spacial score (nSPS) is 10.6. The van der Waals surface area contributed by atoms with Crippen molar-refractivity contribution in [3.8, 4) is 0 Å². The Labute approximate surface area is 121 Å². The van der Waals surface area contributed by atoms with E-state index in [0.717, 1.165) is 5.56 Å². The first kappa shape index (κ1) is 15.0. The number of aromatic nitrogens is 2. The Kier molecular flexibility index (Phi) is 4.52. The van der Waals surface area contributed by atoms with E-state index >= 15 is 0 Å². The smallest absolute Gasteiger partial charge is 0.333 e. The Bertz CT molecular complexity index is 637. The van der Waals surface area contributed by atoms with Crippen LogP contribution in [0.5, 0.6) is 0 Å². The first-order valence-electron chi connectivity index (χ1n) is 6.71. The van der Waals surface area contributed by atoms with Crippen LogP contribution >= 0.6 is 0 Å². The molecular formula is C14H17FN4O2. The van der Waals surface area contributed by atoms with E-state index in [0.29, 0.717) is 30.9 Å². The van der Waals surface area contributed by atoms with Crippen LogP contribution in [0, 0.1) is 15.9 Å². The highest BCUT2D eigenvalue weighted by atomic mass is 19.1. The number of nitrogens with zero attached hydrogens (tertiary/aromatic N) is 3. The highest BCUT2D eigenvalue weighted by Gasteiger charge is 2.25. The van der Waals surface area contributed by atoms with Crippen LogP contribution in [-0.4, -0.2) is 21.2 Å². The van der Waals surface area contributed by atoms with Crippen molar-refractivity contribution in [2.45, 2.75) is 19.8 Å². The Hall–Kier alpha value is -2.44. The van der Waals surface area contributed by atoms with Crippen LogP contribution in [-0.2, 0) is 19.9 Å². The van der Waals surface area contributed by atoms with Crippen LogP contribution in [0.15, 0.2) is 24.3 Å². The van der Waals surface area contributed by atoms with Gasteiger partial charge in [0.05, 0.1) is 4.92 Å². The molecule has 1 aromatic heterocycles. The summed E-state index contributed by atoms with van der Waals surface area (Å²) in [5.74, 6) is 0.125. The summed E-state index contributed by atoms with van der Waals surface area (Å²) in [7, 11) is 1.67. The maximum atomic E-state index is 12.8. The molecule has 0 aliphatic rings. The van der Waals surface area contributed by atoms with Crippen LogP contribution in [0.2, 0.25) is 0 Å². The van der Waals surface area contributed by atoms with Crippen molar-refractivity contribution < 1.29 is 9.31 Å². The van der Waals surface area contributed by atoms with Crippen LogP contribution in [0.1, 0.15) is 18.2 Å². The summed E-state index contributed by atoms with van der Waals surface area (Å²) in [6.45, 7) is 2.34. The summed E-state index contributed by atoms with van der Waals surface area (Å²) in [6.07, 6.45) is 1.15. The molecule has 112 valence electrons. The fraction of sp³-hybridized carbons (Fsp3) is 0.357. The minimum absolute atomic E-state index is 0.0270. The molecule has 1 N–H and O–H groups in total. The second-order valence-corrected chi connectivity index (χ2v) is 4.68. The zero-order chi connectivity index (χ0) is 15.4. The molecule has 0 spiro atoms. The van der Waals surface area contributed by atoms with Gasteiger partial charge in [0.15, 0.2) is 0 Å². The van der Waals surface area contributed by atoms with E-state index < -0.39 is 4.92 Å². The van der Waals surface area contributed by atoms with Crippen LogP contribution in [0.25, 0.3) is 0 Å². The fourth-order valence-electron chi connectivity index (χ4n) is 2.17. The maximum absolute atomic E-state index is 12.8. The van der Waals surface area contributed by atoms with E-state index in [1.165, 1.54) is 16.8 Å². The lowest BCUT2D eigenvalue weighted by Crippen LogP contribution is -2.10. The van der Waals surface area contributed by atoms with Crippen molar-refractivity contribution in [2.24, 2.45) is 7.05 Å². The van der Waals surface area contributed by atoms with Crippen molar-refractivity contribution in [3.63, 3.8) is 0 Å². The lowest BCUT2D eigenvalue weighted by atomic mass is 10.1. The Morgan fingerprint density at radius 2 is 2.05 bits per heavy atom. The number of rotatable bonds is 6. The maximum Gasteiger partial charge on any atom is 0.333 e. The van der Waals surface area contributed by atoms with E-state index in [1.807, 2.05) is 6.92 Å². The van der Waals surface area contributed by atoms with Crippen LogP contribution in [0.4, 0.5) is 15.9 Å². The Balaban J connectivity index is 2.07. The van der Waals surface area contributed by atoms with Gasteiger partial charge in [-0.3, -0.25) is 10.1 Å². The molecule has 0 bridgehead atoms. The van der Waals surface area contributed by atoms with Gasteiger partial charge in [-0.25, -0.2) is 9.07 Å². The third kappa shape index (κ3) is 3.36. The second-order valence-electron chi connectivity index (χ2n) is 4.68. The minimum atomic E-state index is -0.411. The molecule has 0 saturated heterocycles. The summed E-state index contributed by atoms with van der Waals surface area (Å²) < 4.78 is 14.3. The number of benzene rings is 1. The van der Waals surface area contributed by atoms with Crippen LogP contribution < -0.4 is 5.32 Å². The lowest BCUT2D eigenvalue weighted by Gasteiger charge is -2.06. The quantitative estimate of drug-likeness (QED) is 0.656. The monoisotopic (exact) mass is 292 g/mol. The number of hydrogen-bond acceptors (Lipinski definition) is 4. The summed E-state index contributed by atoms with van der Waals surface area (Å²) in [5, 5.41) is 18.4. The van der Waals surface area contributed by atoms with Crippen LogP contribution in [0.3, 0.4) is 0 Å².